The van der Waals surface area contributed by atoms with Gasteiger partial charge in [0.1, 0.15) is 17.9 Å². The minimum atomic E-state index is -0.418. The summed E-state index contributed by atoms with van der Waals surface area (Å²) in [6, 6.07) is 5.90. The third-order valence-corrected chi connectivity index (χ3v) is 7.17. The van der Waals surface area contributed by atoms with Gasteiger partial charge in [-0.2, -0.15) is 0 Å². The highest BCUT2D eigenvalue weighted by Gasteiger charge is 2.39. The number of hydrogen-bond donors (Lipinski definition) is 1. The summed E-state index contributed by atoms with van der Waals surface area (Å²) in [5.74, 6) is 0.661. The molecule has 1 N–H and O–H groups in total. The zero-order chi connectivity index (χ0) is 20.7. The van der Waals surface area contributed by atoms with E-state index in [4.69, 9.17) is 4.74 Å². The first-order valence-corrected chi connectivity index (χ1v) is 11.4. The number of allylic oxidation sites excluding steroid dienone is 1. The smallest absolute Gasteiger partial charge is 0.255 e. The van der Waals surface area contributed by atoms with Crippen LogP contribution in [0.1, 0.15) is 67.3 Å². The molecule has 5 rings (SSSR count). The lowest BCUT2D eigenvalue weighted by molar-refractivity contribution is -0.126. The molecule has 6 heteroatoms. The second-order valence-electron chi connectivity index (χ2n) is 9.15. The molecule has 160 valence electrons. The van der Waals surface area contributed by atoms with E-state index in [0.29, 0.717) is 31.0 Å². The van der Waals surface area contributed by atoms with E-state index in [1.165, 1.54) is 45.2 Å². The van der Waals surface area contributed by atoms with Crippen molar-refractivity contribution < 1.29 is 14.3 Å². The van der Waals surface area contributed by atoms with Gasteiger partial charge in [0.15, 0.2) is 0 Å². The molecule has 2 saturated heterocycles. The summed E-state index contributed by atoms with van der Waals surface area (Å²) in [5.41, 5.74) is 2.39. The molecule has 1 aromatic rings. The number of likely N-dealkylation sites (tertiary alicyclic amines) is 1. The van der Waals surface area contributed by atoms with Gasteiger partial charge in [0.05, 0.1) is 0 Å². The SMILES string of the molecule is C=C1CCC(N2Cc3cc(O[C@H]4CCC[C@H]4N4CCCCC4)ccc3C2=O)C(=O)N1. The van der Waals surface area contributed by atoms with Crippen molar-refractivity contribution in [1.29, 1.82) is 0 Å². The third kappa shape index (κ3) is 3.62. The molecule has 0 radical (unpaired) electrons. The number of fused-ring (bicyclic) bond motifs is 1. The van der Waals surface area contributed by atoms with Crippen molar-refractivity contribution in [3.8, 4) is 5.75 Å². The molecule has 0 spiro atoms. The van der Waals surface area contributed by atoms with Crippen molar-refractivity contribution in [1.82, 2.24) is 15.1 Å². The van der Waals surface area contributed by atoms with Crippen LogP contribution in [0.2, 0.25) is 0 Å². The Morgan fingerprint density at radius 1 is 1.03 bits per heavy atom. The predicted octanol–water partition coefficient (Wildman–Crippen LogP) is 3.22. The molecular weight excluding hydrogens is 378 g/mol. The van der Waals surface area contributed by atoms with E-state index in [1.54, 1.807) is 4.90 Å². The maximum absolute atomic E-state index is 12.9. The summed E-state index contributed by atoms with van der Waals surface area (Å²) < 4.78 is 6.46. The lowest BCUT2D eigenvalue weighted by atomic mass is 10.0. The summed E-state index contributed by atoms with van der Waals surface area (Å²) in [6.45, 7) is 6.67. The highest BCUT2D eigenvalue weighted by molar-refractivity contribution is 6.01. The summed E-state index contributed by atoms with van der Waals surface area (Å²) >= 11 is 0. The van der Waals surface area contributed by atoms with Gasteiger partial charge in [0, 0.05) is 23.8 Å². The molecular formula is C24H31N3O3. The number of nitrogens with zero attached hydrogens (tertiary/aromatic N) is 2. The number of nitrogens with one attached hydrogen (secondary N) is 1. The molecule has 3 fully saturated rings. The van der Waals surface area contributed by atoms with Gasteiger partial charge in [-0.1, -0.05) is 13.0 Å². The maximum atomic E-state index is 12.9. The van der Waals surface area contributed by atoms with Crippen LogP contribution in [0.4, 0.5) is 0 Å². The number of carbonyl (C=O) groups is 2. The van der Waals surface area contributed by atoms with Crippen molar-refractivity contribution in [2.45, 2.75) is 76.1 Å². The summed E-state index contributed by atoms with van der Waals surface area (Å²) in [4.78, 5) is 29.6. The Morgan fingerprint density at radius 3 is 2.67 bits per heavy atom. The van der Waals surface area contributed by atoms with Crippen molar-refractivity contribution >= 4 is 11.8 Å². The molecule has 30 heavy (non-hydrogen) atoms. The summed E-state index contributed by atoms with van der Waals surface area (Å²) in [5, 5.41) is 2.79. The van der Waals surface area contributed by atoms with Gasteiger partial charge in [-0.15, -0.1) is 0 Å². The van der Waals surface area contributed by atoms with Crippen LogP contribution in [-0.2, 0) is 11.3 Å². The second-order valence-corrected chi connectivity index (χ2v) is 9.15. The number of carbonyl (C=O) groups excluding carboxylic acids is 2. The second kappa shape index (κ2) is 8.06. The summed E-state index contributed by atoms with van der Waals surface area (Å²) in [6.07, 6.45) is 9.02. The molecule has 1 aliphatic carbocycles. The monoisotopic (exact) mass is 409 g/mol. The van der Waals surface area contributed by atoms with Crippen LogP contribution in [0.25, 0.3) is 0 Å². The molecule has 1 saturated carbocycles. The molecule has 1 unspecified atom stereocenters. The Bertz CT molecular complexity index is 861. The molecule has 4 aliphatic rings. The Labute approximate surface area is 178 Å². The molecule has 3 heterocycles. The lowest BCUT2D eigenvalue weighted by Gasteiger charge is -2.35. The fourth-order valence-electron chi connectivity index (χ4n) is 5.59. The lowest BCUT2D eigenvalue weighted by Crippen LogP contribution is -2.49. The van der Waals surface area contributed by atoms with Gasteiger partial charge in [-0.25, -0.2) is 0 Å². The normalized spacial score (nSPS) is 29.8. The highest BCUT2D eigenvalue weighted by Crippen LogP contribution is 2.34. The first kappa shape index (κ1) is 19.6. The Kier molecular flexibility index (Phi) is 5.27. The number of amides is 2. The zero-order valence-electron chi connectivity index (χ0n) is 17.6. The average molecular weight is 410 g/mol. The van der Waals surface area contributed by atoms with Crippen molar-refractivity contribution in [3.05, 3.63) is 41.6 Å². The quantitative estimate of drug-likeness (QED) is 0.830. The fourth-order valence-corrected chi connectivity index (χ4v) is 5.59. The standard InChI is InChI=1S/C24H31N3O3/c1-16-8-11-21(23(28)25-16)27-15-17-14-18(9-10-19(17)24(27)29)30-22-7-5-6-20(22)26-12-3-2-4-13-26/h9-10,14,20-22H,1-8,11-13,15H2,(H,25,28)/t20-,21?,22+/m1/s1. The van der Waals surface area contributed by atoms with Crippen LogP contribution in [0.3, 0.4) is 0 Å². The van der Waals surface area contributed by atoms with E-state index in [2.05, 4.69) is 16.8 Å². The first-order valence-electron chi connectivity index (χ1n) is 11.4. The van der Waals surface area contributed by atoms with Gasteiger partial charge in [0.25, 0.3) is 5.91 Å². The molecule has 0 aromatic heterocycles. The molecule has 1 aromatic carbocycles. The van der Waals surface area contributed by atoms with E-state index in [9.17, 15) is 9.59 Å². The molecule has 6 nitrogen and oxygen atoms in total. The maximum Gasteiger partial charge on any atom is 0.255 e. The van der Waals surface area contributed by atoms with Gasteiger partial charge >= 0.3 is 0 Å². The number of ether oxygens (including phenoxy) is 1. The largest absolute Gasteiger partial charge is 0.489 e. The Morgan fingerprint density at radius 2 is 1.87 bits per heavy atom. The van der Waals surface area contributed by atoms with Crippen molar-refractivity contribution in [2.75, 3.05) is 13.1 Å². The van der Waals surface area contributed by atoms with E-state index >= 15 is 0 Å². The number of rotatable bonds is 4. The van der Waals surface area contributed by atoms with Crippen molar-refractivity contribution in [3.63, 3.8) is 0 Å². The van der Waals surface area contributed by atoms with E-state index < -0.39 is 6.04 Å². The molecule has 3 atom stereocenters. The van der Waals surface area contributed by atoms with Gasteiger partial charge in [0.2, 0.25) is 5.91 Å². The van der Waals surface area contributed by atoms with Gasteiger partial charge in [-0.3, -0.25) is 14.5 Å². The minimum absolute atomic E-state index is 0.0590. The predicted molar refractivity (Wildman–Crippen MR) is 114 cm³/mol. The van der Waals surface area contributed by atoms with E-state index in [0.717, 1.165) is 23.4 Å². The van der Waals surface area contributed by atoms with Crippen LogP contribution in [0, 0.1) is 0 Å². The van der Waals surface area contributed by atoms with Crippen molar-refractivity contribution in [2.24, 2.45) is 0 Å². The van der Waals surface area contributed by atoms with Gasteiger partial charge < -0.3 is 15.0 Å². The van der Waals surface area contributed by atoms with E-state index in [-0.39, 0.29) is 17.9 Å². The minimum Gasteiger partial charge on any atom is -0.489 e. The number of benzene rings is 1. The third-order valence-electron chi connectivity index (χ3n) is 7.17. The van der Waals surface area contributed by atoms with Crippen LogP contribution in [-0.4, -0.2) is 52.9 Å². The van der Waals surface area contributed by atoms with Crippen LogP contribution in [0.5, 0.6) is 5.75 Å². The highest BCUT2D eigenvalue weighted by atomic mass is 16.5. The summed E-state index contributed by atoms with van der Waals surface area (Å²) in [7, 11) is 0. The molecule has 2 amide bonds. The number of hydrogen-bond acceptors (Lipinski definition) is 4. The van der Waals surface area contributed by atoms with Gasteiger partial charge in [-0.05, 0) is 81.8 Å². The molecule has 3 aliphatic heterocycles. The van der Waals surface area contributed by atoms with Crippen LogP contribution in [0.15, 0.2) is 30.5 Å². The van der Waals surface area contributed by atoms with E-state index in [1.807, 2.05) is 18.2 Å². The first-order chi connectivity index (χ1) is 14.6. The molecule has 0 bridgehead atoms. The Balaban J connectivity index is 1.28. The number of piperidine rings is 2. The van der Waals surface area contributed by atoms with Crippen LogP contribution >= 0.6 is 0 Å². The Hall–Kier alpha value is -2.34. The fraction of sp³-hybridized carbons (Fsp3) is 0.583. The van der Waals surface area contributed by atoms with Crippen LogP contribution < -0.4 is 10.1 Å². The topological polar surface area (TPSA) is 61.9 Å². The zero-order valence-corrected chi connectivity index (χ0v) is 17.6. The average Bonchev–Trinajstić information content (AvgIpc) is 3.33.